The van der Waals surface area contributed by atoms with Crippen LogP contribution >= 0.6 is 0 Å². The summed E-state index contributed by atoms with van der Waals surface area (Å²) in [6.45, 7) is 4.55. The molecular formula is C21H23FN2O. The molecule has 1 aromatic heterocycles. The van der Waals surface area contributed by atoms with E-state index in [1.807, 2.05) is 30.9 Å². The van der Waals surface area contributed by atoms with Gasteiger partial charge in [0.2, 0.25) is 5.91 Å². The molecule has 0 bridgehead atoms. The Kier molecular flexibility index (Phi) is 5.27. The minimum absolute atomic E-state index is 0.00919. The van der Waals surface area contributed by atoms with Crippen LogP contribution in [0.5, 0.6) is 0 Å². The summed E-state index contributed by atoms with van der Waals surface area (Å²) in [5.41, 5.74) is 2.94. The summed E-state index contributed by atoms with van der Waals surface area (Å²) in [7, 11) is 0. The average molecular weight is 338 g/mol. The van der Waals surface area contributed by atoms with Gasteiger partial charge < -0.3 is 4.90 Å². The Labute approximate surface area is 148 Å². The van der Waals surface area contributed by atoms with E-state index in [1.54, 1.807) is 30.6 Å². The van der Waals surface area contributed by atoms with Gasteiger partial charge in [-0.05, 0) is 61.9 Å². The molecule has 1 atom stereocenters. The summed E-state index contributed by atoms with van der Waals surface area (Å²) in [5, 5.41) is 0. The van der Waals surface area contributed by atoms with Gasteiger partial charge in [-0.25, -0.2) is 4.39 Å². The summed E-state index contributed by atoms with van der Waals surface area (Å²) in [6, 6.07) is 9.87. The van der Waals surface area contributed by atoms with E-state index < -0.39 is 0 Å². The van der Waals surface area contributed by atoms with Gasteiger partial charge in [-0.3, -0.25) is 9.78 Å². The molecule has 3 nitrogen and oxygen atoms in total. The number of halogens is 1. The molecule has 0 saturated heterocycles. The van der Waals surface area contributed by atoms with Crippen molar-refractivity contribution in [1.82, 2.24) is 9.88 Å². The monoisotopic (exact) mass is 338 g/mol. The fourth-order valence-corrected chi connectivity index (χ4v) is 3.13. The van der Waals surface area contributed by atoms with Crippen LogP contribution in [0.2, 0.25) is 0 Å². The lowest BCUT2D eigenvalue weighted by Gasteiger charge is -2.31. The SMILES string of the molecule is CCN(C(=O)/C=C(/C)C1CC1)[C@H](c1ccc(F)cc1)c1cccnc1. The lowest BCUT2D eigenvalue weighted by atomic mass is 9.98. The van der Waals surface area contributed by atoms with E-state index in [0.29, 0.717) is 12.5 Å². The van der Waals surface area contributed by atoms with E-state index in [1.165, 1.54) is 25.0 Å². The Morgan fingerprint density at radius 1 is 1.28 bits per heavy atom. The Morgan fingerprint density at radius 3 is 2.56 bits per heavy atom. The van der Waals surface area contributed by atoms with Crippen molar-refractivity contribution in [1.29, 1.82) is 0 Å². The third kappa shape index (κ3) is 4.13. The number of pyridine rings is 1. The summed E-state index contributed by atoms with van der Waals surface area (Å²) in [4.78, 5) is 18.9. The summed E-state index contributed by atoms with van der Waals surface area (Å²) < 4.78 is 13.4. The fraction of sp³-hybridized carbons (Fsp3) is 0.333. The molecule has 1 fully saturated rings. The quantitative estimate of drug-likeness (QED) is 0.726. The molecule has 0 N–H and O–H groups in total. The second-order valence-electron chi connectivity index (χ2n) is 6.53. The van der Waals surface area contributed by atoms with Crippen LogP contribution in [0.1, 0.15) is 43.9 Å². The predicted octanol–water partition coefficient (Wildman–Crippen LogP) is 4.51. The number of likely N-dealkylation sites (N-methyl/N-ethyl adjacent to an activating group) is 1. The number of amides is 1. The maximum atomic E-state index is 13.4. The van der Waals surface area contributed by atoms with Gasteiger partial charge in [0.05, 0.1) is 6.04 Å². The number of benzene rings is 1. The van der Waals surface area contributed by atoms with Gasteiger partial charge in [0.15, 0.2) is 0 Å². The van der Waals surface area contributed by atoms with E-state index in [-0.39, 0.29) is 17.8 Å². The van der Waals surface area contributed by atoms with Crippen molar-refractivity contribution in [3.63, 3.8) is 0 Å². The first-order chi connectivity index (χ1) is 12.1. The fourth-order valence-electron chi connectivity index (χ4n) is 3.13. The summed E-state index contributed by atoms with van der Waals surface area (Å²) in [5.74, 6) is 0.267. The molecule has 0 aliphatic heterocycles. The number of nitrogens with zero attached hydrogens (tertiary/aromatic N) is 2. The van der Waals surface area contributed by atoms with Crippen LogP contribution in [-0.4, -0.2) is 22.3 Å². The molecular weight excluding hydrogens is 315 g/mol. The van der Waals surface area contributed by atoms with Crippen molar-refractivity contribution < 1.29 is 9.18 Å². The number of rotatable bonds is 6. The molecule has 25 heavy (non-hydrogen) atoms. The van der Waals surface area contributed by atoms with E-state index >= 15 is 0 Å². The van der Waals surface area contributed by atoms with Crippen LogP contribution in [0.3, 0.4) is 0 Å². The van der Waals surface area contributed by atoms with Gasteiger partial charge in [0.25, 0.3) is 0 Å². The van der Waals surface area contributed by atoms with Crippen molar-refractivity contribution >= 4 is 5.91 Å². The van der Waals surface area contributed by atoms with Gasteiger partial charge in [0.1, 0.15) is 5.82 Å². The average Bonchev–Trinajstić information content (AvgIpc) is 3.46. The summed E-state index contributed by atoms with van der Waals surface area (Å²) >= 11 is 0. The van der Waals surface area contributed by atoms with Crippen LogP contribution in [-0.2, 0) is 4.79 Å². The van der Waals surface area contributed by atoms with Gasteiger partial charge in [-0.15, -0.1) is 0 Å². The number of allylic oxidation sites excluding steroid dienone is 1. The van der Waals surface area contributed by atoms with E-state index in [4.69, 9.17) is 0 Å². The van der Waals surface area contributed by atoms with Gasteiger partial charge in [-0.1, -0.05) is 23.8 Å². The first-order valence-corrected chi connectivity index (χ1v) is 8.74. The lowest BCUT2D eigenvalue weighted by molar-refractivity contribution is -0.127. The normalized spacial score (nSPS) is 15.7. The van der Waals surface area contributed by atoms with Crippen molar-refractivity contribution in [2.75, 3.05) is 6.54 Å². The van der Waals surface area contributed by atoms with Crippen LogP contribution < -0.4 is 0 Å². The standard InChI is InChI=1S/C21H23FN2O/c1-3-24(20(25)13-15(2)16-6-7-16)21(18-5-4-12-23-14-18)17-8-10-19(22)11-9-17/h4-5,8-14,16,21H,3,6-7H2,1-2H3/b15-13-/t21-/m1/s1. The zero-order valence-corrected chi connectivity index (χ0v) is 14.7. The maximum Gasteiger partial charge on any atom is 0.247 e. The zero-order valence-electron chi connectivity index (χ0n) is 14.7. The van der Waals surface area contributed by atoms with E-state index in [0.717, 1.165) is 16.7 Å². The molecule has 4 heteroatoms. The van der Waals surface area contributed by atoms with Crippen molar-refractivity contribution in [3.05, 3.63) is 77.4 Å². The molecule has 1 aliphatic carbocycles. The van der Waals surface area contributed by atoms with E-state index in [2.05, 4.69) is 4.98 Å². The number of carbonyl (C=O) groups excluding carboxylic acids is 1. The number of carbonyl (C=O) groups is 1. The highest BCUT2D eigenvalue weighted by Crippen LogP contribution is 2.36. The Hall–Kier alpha value is -2.49. The summed E-state index contributed by atoms with van der Waals surface area (Å²) in [6.07, 6.45) is 7.58. The highest BCUT2D eigenvalue weighted by Gasteiger charge is 2.27. The van der Waals surface area contributed by atoms with Crippen molar-refractivity contribution in [2.45, 2.75) is 32.7 Å². The number of hydrogen-bond donors (Lipinski definition) is 0. The second kappa shape index (κ2) is 7.60. The Bertz CT molecular complexity index is 751. The van der Waals surface area contributed by atoms with Crippen molar-refractivity contribution in [2.24, 2.45) is 5.92 Å². The predicted molar refractivity (Wildman–Crippen MR) is 96.3 cm³/mol. The largest absolute Gasteiger partial charge is 0.328 e. The molecule has 0 spiro atoms. The van der Waals surface area contributed by atoms with Gasteiger partial charge >= 0.3 is 0 Å². The molecule has 1 aliphatic rings. The molecule has 2 aromatic rings. The second-order valence-corrected chi connectivity index (χ2v) is 6.53. The molecule has 0 unspecified atom stereocenters. The highest BCUT2D eigenvalue weighted by atomic mass is 19.1. The molecule has 0 radical (unpaired) electrons. The van der Waals surface area contributed by atoms with E-state index in [9.17, 15) is 9.18 Å². The minimum Gasteiger partial charge on any atom is -0.328 e. The molecule has 1 aromatic carbocycles. The van der Waals surface area contributed by atoms with Gasteiger partial charge in [-0.2, -0.15) is 0 Å². The first-order valence-electron chi connectivity index (χ1n) is 8.74. The lowest BCUT2D eigenvalue weighted by Crippen LogP contribution is -2.34. The number of aromatic nitrogens is 1. The molecule has 130 valence electrons. The Balaban J connectivity index is 1.98. The van der Waals surface area contributed by atoms with Gasteiger partial charge in [0, 0.05) is 25.0 Å². The molecule has 1 saturated carbocycles. The van der Waals surface area contributed by atoms with Crippen LogP contribution in [0.4, 0.5) is 4.39 Å². The topological polar surface area (TPSA) is 33.2 Å². The highest BCUT2D eigenvalue weighted by molar-refractivity contribution is 5.89. The Morgan fingerprint density at radius 2 is 2.00 bits per heavy atom. The van der Waals surface area contributed by atoms with Crippen LogP contribution in [0, 0.1) is 11.7 Å². The molecule has 3 rings (SSSR count). The first kappa shape index (κ1) is 17.3. The molecule has 1 heterocycles. The minimum atomic E-state index is -0.285. The number of hydrogen-bond acceptors (Lipinski definition) is 2. The third-order valence-electron chi connectivity index (χ3n) is 4.69. The maximum absolute atomic E-state index is 13.4. The van der Waals surface area contributed by atoms with Crippen molar-refractivity contribution in [3.8, 4) is 0 Å². The zero-order chi connectivity index (χ0) is 17.8. The van der Waals surface area contributed by atoms with Crippen LogP contribution in [0.25, 0.3) is 0 Å². The smallest absolute Gasteiger partial charge is 0.247 e. The van der Waals surface area contributed by atoms with Crippen LogP contribution in [0.15, 0.2) is 60.4 Å². The molecule has 1 amide bonds. The third-order valence-corrected chi connectivity index (χ3v) is 4.69.